The summed E-state index contributed by atoms with van der Waals surface area (Å²) in [6, 6.07) is 13.2. The molecule has 0 saturated carbocycles. The summed E-state index contributed by atoms with van der Waals surface area (Å²) in [6.07, 6.45) is 0.861. The third kappa shape index (κ3) is 6.15. The SMILES string of the molecule is Cc1cc(=O)n(Cc2cccc(F)c2)c2cc(OCC(=O)NCCCN(C)C)ccc12. The van der Waals surface area contributed by atoms with Gasteiger partial charge in [-0.15, -0.1) is 0 Å². The maximum absolute atomic E-state index is 13.6. The van der Waals surface area contributed by atoms with Gasteiger partial charge in [0.2, 0.25) is 0 Å². The molecule has 0 aliphatic heterocycles. The number of carbonyl (C=O) groups is 1. The number of aryl methyl sites for hydroxylation is 1. The Morgan fingerprint density at radius 1 is 1.16 bits per heavy atom. The molecule has 0 fully saturated rings. The lowest BCUT2D eigenvalue weighted by molar-refractivity contribution is -0.123. The molecule has 1 heterocycles. The summed E-state index contributed by atoms with van der Waals surface area (Å²) in [5, 5.41) is 3.73. The molecule has 7 heteroatoms. The molecular weight excluding hydrogens is 397 g/mol. The van der Waals surface area contributed by atoms with Crippen LogP contribution in [0.2, 0.25) is 0 Å². The fourth-order valence-electron chi connectivity index (χ4n) is 3.42. The Balaban J connectivity index is 1.77. The summed E-state index contributed by atoms with van der Waals surface area (Å²) in [5.74, 6) is -0.0447. The van der Waals surface area contributed by atoms with Crippen molar-refractivity contribution >= 4 is 16.8 Å². The molecule has 1 aromatic heterocycles. The van der Waals surface area contributed by atoms with Gasteiger partial charge in [0, 0.05) is 24.1 Å². The largest absolute Gasteiger partial charge is 0.484 e. The zero-order valence-corrected chi connectivity index (χ0v) is 18.2. The number of hydrogen-bond donors (Lipinski definition) is 1. The molecule has 0 radical (unpaired) electrons. The number of hydrogen-bond acceptors (Lipinski definition) is 4. The summed E-state index contributed by atoms with van der Waals surface area (Å²) >= 11 is 0. The van der Waals surface area contributed by atoms with Crippen LogP contribution in [0.25, 0.3) is 10.9 Å². The minimum Gasteiger partial charge on any atom is -0.484 e. The third-order valence-corrected chi connectivity index (χ3v) is 4.99. The van der Waals surface area contributed by atoms with E-state index in [4.69, 9.17) is 4.74 Å². The predicted octanol–water partition coefficient (Wildman–Crippen LogP) is 2.94. The minimum atomic E-state index is -0.345. The van der Waals surface area contributed by atoms with E-state index in [2.05, 4.69) is 10.2 Å². The van der Waals surface area contributed by atoms with Gasteiger partial charge in [-0.3, -0.25) is 9.59 Å². The van der Waals surface area contributed by atoms with Gasteiger partial charge in [-0.1, -0.05) is 12.1 Å². The van der Waals surface area contributed by atoms with Crippen LogP contribution in [-0.4, -0.2) is 49.2 Å². The first-order valence-electron chi connectivity index (χ1n) is 10.3. The number of ether oxygens (including phenoxy) is 1. The third-order valence-electron chi connectivity index (χ3n) is 4.99. The van der Waals surface area contributed by atoms with E-state index < -0.39 is 0 Å². The molecule has 0 saturated heterocycles. The lowest BCUT2D eigenvalue weighted by atomic mass is 10.1. The second kappa shape index (κ2) is 10.2. The molecule has 1 amide bonds. The molecule has 0 atom stereocenters. The maximum atomic E-state index is 13.6. The van der Waals surface area contributed by atoms with Gasteiger partial charge in [0.1, 0.15) is 11.6 Å². The van der Waals surface area contributed by atoms with Crippen molar-refractivity contribution in [1.82, 2.24) is 14.8 Å². The molecule has 0 aliphatic carbocycles. The highest BCUT2D eigenvalue weighted by Gasteiger charge is 2.10. The number of amides is 1. The van der Waals surface area contributed by atoms with Crippen LogP contribution >= 0.6 is 0 Å². The Labute approximate surface area is 181 Å². The highest BCUT2D eigenvalue weighted by Crippen LogP contribution is 2.23. The average Bonchev–Trinajstić information content (AvgIpc) is 2.72. The van der Waals surface area contributed by atoms with Crippen LogP contribution in [0.5, 0.6) is 5.75 Å². The molecule has 0 aliphatic rings. The van der Waals surface area contributed by atoms with E-state index >= 15 is 0 Å². The Morgan fingerprint density at radius 3 is 2.71 bits per heavy atom. The first kappa shape index (κ1) is 22.5. The summed E-state index contributed by atoms with van der Waals surface area (Å²) in [7, 11) is 3.97. The topological polar surface area (TPSA) is 63.6 Å². The zero-order chi connectivity index (χ0) is 22.4. The first-order valence-corrected chi connectivity index (χ1v) is 10.3. The highest BCUT2D eigenvalue weighted by atomic mass is 19.1. The number of aromatic nitrogens is 1. The number of pyridine rings is 1. The van der Waals surface area contributed by atoms with Crippen LogP contribution in [0.15, 0.2) is 53.3 Å². The van der Waals surface area contributed by atoms with E-state index in [0.717, 1.165) is 23.9 Å². The molecule has 0 unspecified atom stereocenters. The van der Waals surface area contributed by atoms with Gasteiger partial charge in [-0.05, 0) is 69.4 Å². The highest BCUT2D eigenvalue weighted by molar-refractivity contribution is 5.84. The van der Waals surface area contributed by atoms with Crippen molar-refractivity contribution in [2.45, 2.75) is 19.9 Å². The number of rotatable bonds is 9. The van der Waals surface area contributed by atoms with E-state index in [1.165, 1.54) is 12.1 Å². The fraction of sp³-hybridized carbons (Fsp3) is 0.333. The van der Waals surface area contributed by atoms with Crippen molar-refractivity contribution in [2.75, 3.05) is 33.8 Å². The van der Waals surface area contributed by atoms with Crippen molar-refractivity contribution < 1.29 is 13.9 Å². The summed E-state index contributed by atoms with van der Waals surface area (Å²) in [5.41, 5.74) is 2.04. The van der Waals surface area contributed by atoms with Crippen molar-refractivity contribution in [1.29, 1.82) is 0 Å². The number of carbonyl (C=O) groups excluding carboxylic acids is 1. The van der Waals surface area contributed by atoms with Crippen LogP contribution in [0.1, 0.15) is 17.5 Å². The van der Waals surface area contributed by atoms with Crippen LogP contribution in [0.3, 0.4) is 0 Å². The van der Waals surface area contributed by atoms with Gasteiger partial charge < -0.3 is 19.5 Å². The summed E-state index contributed by atoms with van der Waals surface area (Å²) in [6.45, 7) is 3.49. The molecular formula is C24H28FN3O3. The average molecular weight is 426 g/mol. The Kier molecular flexibility index (Phi) is 7.41. The number of fused-ring (bicyclic) bond motifs is 1. The lowest BCUT2D eigenvalue weighted by Gasteiger charge is -2.14. The van der Waals surface area contributed by atoms with E-state index in [-0.39, 0.29) is 30.4 Å². The monoisotopic (exact) mass is 425 g/mol. The van der Waals surface area contributed by atoms with Crippen molar-refractivity contribution in [2.24, 2.45) is 0 Å². The number of nitrogens with one attached hydrogen (secondary N) is 1. The minimum absolute atomic E-state index is 0.104. The number of nitrogens with zero attached hydrogens (tertiary/aromatic N) is 2. The summed E-state index contributed by atoms with van der Waals surface area (Å²) in [4.78, 5) is 26.8. The molecule has 2 aromatic carbocycles. The number of halogens is 1. The van der Waals surface area contributed by atoms with E-state index in [1.807, 2.05) is 27.1 Å². The second-order valence-electron chi connectivity index (χ2n) is 7.86. The molecule has 164 valence electrons. The fourth-order valence-corrected chi connectivity index (χ4v) is 3.42. The standard InChI is InChI=1S/C24H28FN3O3/c1-17-12-24(30)28(15-18-6-4-7-19(25)13-18)22-14-20(8-9-21(17)22)31-16-23(29)26-10-5-11-27(2)3/h4,6-9,12-14H,5,10-11,15-16H2,1-3H3,(H,26,29). The quantitative estimate of drug-likeness (QED) is 0.536. The van der Waals surface area contributed by atoms with Gasteiger partial charge in [0.05, 0.1) is 12.1 Å². The van der Waals surface area contributed by atoms with E-state index in [1.54, 1.807) is 34.9 Å². The van der Waals surface area contributed by atoms with E-state index in [9.17, 15) is 14.0 Å². The van der Waals surface area contributed by atoms with Crippen LogP contribution in [0, 0.1) is 12.7 Å². The molecule has 31 heavy (non-hydrogen) atoms. The normalized spacial score (nSPS) is 11.1. The number of benzene rings is 2. The molecule has 6 nitrogen and oxygen atoms in total. The van der Waals surface area contributed by atoms with Gasteiger partial charge in [0.15, 0.2) is 6.61 Å². The van der Waals surface area contributed by atoms with Gasteiger partial charge in [-0.2, -0.15) is 0 Å². The van der Waals surface area contributed by atoms with Crippen molar-refractivity contribution in [3.05, 3.63) is 75.8 Å². The zero-order valence-electron chi connectivity index (χ0n) is 18.2. The van der Waals surface area contributed by atoms with E-state index in [0.29, 0.717) is 23.4 Å². The van der Waals surface area contributed by atoms with Crippen LogP contribution in [-0.2, 0) is 11.3 Å². The molecule has 1 N–H and O–H groups in total. The Morgan fingerprint density at radius 2 is 1.97 bits per heavy atom. The summed E-state index contributed by atoms with van der Waals surface area (Å²) < 4.78 is 20.8. The predicted molar refractivity (Wildman–Crippen MR) is 120 cm³/mol. The van der Waals surface area contributed by atoms with Crippen molar-refractivity contribution in [3.63, 3.8) is 0 Å². The second-order valence-corrected chi connectivity index (χ2v) is 7.86. The Hall–Kier alpha value is -3.19. The van der Waals surface area contributed by atoms with Gasteiger partial charge >= 0.3 is 0 Å². The molecule has 0 spiro atoms. The van der Waals surface area contributed by atoms with Gasteiger partial charge in [0.25, 0.3) is 11.5 Å². The smallest absolute Gasteiger partial charge is 0.257 e. The molecule has 3 aromatic rings. The van der Waals surface area contributed by atoms with Gasteiger partial charge in [-0.25, -0.2) is 4.39 Å². The lowest BCUT2D eigenvalue weighted by Crippen LogP contribution is -2.31. The van der Waals surface area contributed by atoms with Crippen molar-refractivity contribution in [3.8, 4) is 5.75 Å². The van der Waals surface area contributed by atoms with Crippen LogP contribution in [0.4, 0.5) is 4.39 Å². The Bertz CT molecular complexity index is 1120. The molecule has 0 bridgehead atoms. The first-order chi connectivity index (χ1) is 14.8. The van der Waals surface area contributed by atoms with Crippen LogP contribution < -0.4 is 15.6 Å². The maximum Gasteiger partial charge on any atom is 0.257 e. The molecule has 3 rings (SSSR count).